The quantitative estimate of drug-likeness (QED) is 0.923. The summed E-state index contributed by atoms with van der Waals surface area (Å²) in [4.78, 5) is 28.9. The van der Waals surface area contributed by atoms with Gasteiger partial charge in [-0.2, -0.15) is 4.98 Å². The average Bonchev–Trinajstić information content (AvgIpc) is 2.51. The van der Waals surface area contributed by atoms with Crippen molar-refractivity contribution in [1.29, 1.82) is 0 Å². The number of carbonyl (C=O) groups excluding carboxylic acids is 1. The molecule has 0 aliphatic rings. The van der Waals surface area contributed by atoms with Crippen LogP contribution in [0.1, 0.15) is 43.3 Å². The zero-order chi connectivity index (χ0) is 17.0. The molecule has 5 nitrogen and oxygen atoms in total. The van der Waals surface area contributed by atoms with Gasteiger partial charge in [0.25, 0.3) is 0 Å². The molecule has 1 N–H and O–H groups in total. The third kappa shape index (κ3) is 3.67. The van der Waals surface area contributed by atoms with Crippen molar-refractivity contribution in [2.45, 2.75) is 46.6 Å². The van der Waals surface area contributed by atoms with E-state index in [4.69, 9.17) is 0 Å². The molecule has 1 aromatic heterocycles. The summed E-state index contributed by atoms with van der Waals surface area (Å²) in [6, 6.07) is 8.95. The summed E-state index contributed by atoms with van der Waals surface area (Å²) in [5.74, 6) is -0.191. The molecule has 0 aliphatic heterocycles. The maximum atomic E-state index is 12.7. The van der Waals surface area contributed by atoms with Crippen molar-refractivity contribution >= 4 is 11.6 Å². The van der Waals surface area contributed by atoms with Gasteiger partial charge in [-0.15, -0.1) is 0 Å². The van der Waals surface area contributed by atoms with Crippen LogP contribution < -0.4 is 11.0 Å². The molecule has 0 fully saturated rings. The average molecular weight is 313 g/mol. The topological polar surface area (TPSA) is 64.0 Å². The molecule has 2 aromatic rings. The number of hydrogen-bond donors (Lipinski definition) is 1. The highest BCUT2D eigenvalue weighted by molar-refractivity contribution is 5.94. The monoisotopic (exact) mass is 313 g/mol. The molecular formula is C18H23N3O2. The Morgan fingerprint density at radius 1 is 1.26 bits per heavy atom. The van der Waals surface area contributed by atoms with Crippen LogP contribution in [0.5, 0.6) is 0 Å². The fraction of sp³-hybridized carbons (Fsp3) is 0.389. The molecule has 1 atom stereocenters. The molecule has 5 heteroatoms. The first-order valence-electron chi connectivity index (χ1n) is 7.93. The maximum absolute atomic E-state index is 12.7. The van der Waals surface area contributed by atoms with Crippen LogP contribution in [-0.4, -0.2) is 15.5 Å². The van der Waals surface area contributed by atoms with Crippen molar-refractivity contribution in [3.05, 3.63) is 57.8 Å². The van der Waals surface area contributed by atoms with E-state index in [2.05, 4.69) is 10.3 Å². The Morgan fingerprint density at radius 2 is 1.96 bits per heavy atom. The Morgan fingerprint density at radius 3 is 2.57 bits per heavy atom. The fourth-order valence-electron chi connectivity index (χ4n) is 2.79. The van der Waals surface area contributed by atoms with Gasteiger partial charge in [0.05, 0.1) is 0 Å². The largest absolute Gasteiger partial charge is 0.348 e. The van der Waals surface area contributed by atoms with E-state index in [0.717, 1.165) is 23.4 Å². The van der Waals surface area contributed by atoms with Crippen molar-refractivity contribution in [3.8, 4) is 0 Å². The molecule has 0 saturated heterocycles. The van der Waals surface area contributed by atoms with Crippen molar-refractivity contribution in [3.63, 3.8) is 0 Å². The molecule has 23 heavy (non-hydrogen) atoms. The van der Waals surface area contributed by atoms with E-state index < -0.39 is 6.04 Å². The molecule has 122 valence electrons. The summed E-state index contributed by atoms with van der Waals surface area (Å²) < 4.78 is 1.47. The summed E-state index contributed by atoms with van der Waals surface area (Å²) in [7, 11) is 0. The van der Waals surface area contributed by atoms with Gasteiger partial charge in [0.15, 0.2) is 0 Å². The number of rotatable bonds is 5. The Kier molecular flexibility index (Phi) is 5.32. The lowest BCUT2D eigenvalue weighted by molar-refractivity contribution is -0.119. The van der Waals surface area contributed by atoms with Gasteiger partial charge in [-0.05, 0) is 44.4 Å². The lowest BCUT2D eigenvalue weighted by Gasteiger charge is -2.20. The number of aryl methyl sites for hydroxylation is 3. The molecule has 0 bridgehead atoms. The van der Waals surface area contributed by atoms with E-state index in [1.807, 2.05) is 51.1 Å². The molecule has 1 amide bonds. The summed E-state index contributed by atoms with van der Waals surface area (Å²) in [6.45, 7) is 7.53. The normalized spacial score (nSPS) is 12.0. The molecule has 1 heterocycles. The molecular weight excluding hydrogens is 290 g/mol. The van der Waals surface area contributed by atoms with Crippen LogP contribution in [-0.2, 0) is 11.2 Å². The van der Waals surface area contributed by atoms with Crippen LogP contribution in [0.15, 0.2) is 35.1 Å². The number of nitrogens with zero attached hydrogens (tertiary/aromatic N) is 2. The maximum Gasteiger partial charge on any atom is 0.348 e. The van der Waals surface area contributed by atoms with Gasteiger partial charge < -0.3 is 5.32 Å². The molecule has 0 spiro atoms. The first-order chi connectivity index (χ1) is 11.0. The van der Waals surface area contributed by atoms with Crippen LogP contribution in [0, 0.1) is 13.8 Å². The second-order valence-electron chi connectivity index (χ2n) is 5.62. The van der Waals surface area contributed by atoms with Crippen LogP contribution in [0.2, 0.25) is 0 Å². The van der Waals surface area contributed by atoms with Crippen molar-refractivity contribution < 1.29 is 4.79 Å². The number of carbonyl (C=O) groups is 1. The van der Waals surface area contributed by atoms with E-state index in [1.165, 1.54) is 4.57 Å². The van der Waals surface area contributed by atoms with E-state index in [-0.39, 0.29) is 11.6 Å². The zero-order valence-corrected chi connectivity index (χ0v) is 14.1. The number of aromatic nitrogens is 2. The Labute approximate surface area is 136 Å². The molecule has 0 aliphatic carbocycles. The summed E-state index contributed by atoms with van der Waals surface area (Å²) in [6.07, 6.45) is 1.35. The second kappa shape index (κ2) is 7.22. The number of benzene rings is 1. The predicted octanol–water partition coefficient (Wildman–Crippen LogP) is 3.01. The molecule has 0 unspecified atom stereocenters. The van der Waals surface area contributed by atoms with Gasteiger partial charge in [-0.25, -0.2) is 4.79 Å². The first kappa shape index (κ1) is 16.9. The Balaban J connectivity index is 2.35. The molecule has 1 aromatic carbocycles. The van der Waals surface area contributed by atoms with Gasteiger partial charge in [0.1, 0.15) is 6.04 Å². The van der Waals surface area contributed by atoms with Gasteiger partial charge in [0.2, 0.25) is 5.91 Å². The minimum atomic E-state index is -0.569. The molecule has 0 saturated carbocycles. The summed E-state index contributed by atoms with van der Waals surface area (Å²) >= 11 is 0. The number of para-hydroxylation sites is 1. The second-order valence-corrected chi connectivity index (χ2v) is 5.62. The van der Waals surface area contributed by atoms with E-state index in [0.29, 0.717) is 12.1 Å². The standard InChI is InChI=1S/C18H23N3O2/c1-5-14-9-7-8-10-15(14)20-17(22)16(6-2)21-13(4)11-12(3)19-18(21)23/h7-11,16H,5-6H2,1-4H3,(H,20,22)/t16-/m0/s1. The van der Waals surface area contributed by atoms with Crippen molar-refractivity contribution in [2.24, 2.45) is 0 Å². The molecule has 2 rings (SSSR count). The number of amides is 1. The van der Waals surface area contributed by atoms with Crippen molar-refractivity contribution in [1.82, 2.24) is 9.55 Å². The lowest BCUT2D eigenvalue weighted by atomic mass is 10.1. The highest BCUT2D eigenvalue weighted by atomic mass is 16.2. The van der Waals surface area contributed by atoms with Gasteiger partial charge in [0, 0.05) is 17.1 Å². The first-order valence-corrected chi connectivity index (χ1v) is 7.93. The van der Waals surface area contributed by atoms with Crippen LogP contribution >= 0.6 is 0 Å². The highest BCUT2D eigenvalue weighted by Crippen LogP contribution is 2.19. The fourth-order valence-corrected chi connectivity index (χ4v) is 2.79. The zero-order valence-electron chi connectivity index (χ0n) is 14.1. The Hall–Kier alpha value is -2.43. The van der Waals surface area contributed by atoms with E-state index in [1.54, 1.807) is 6.92 Å². The number of nitrogens with one attached hydrogen (secondary N) is 1. The summed E-state index contributed by atoms with van der Waals surface area (Å²) in [5, 5.41) is 2.95. The van der Waals surface area contributed by atoms with Gasteiger partial charge in [-0.1, -0.05) is 32.0 Å². The third-order valence-electron chi connectivity index (χ3n) is 3.93. The van der Waals surface area contributed by atoms with Gasteiger partial charge in [-0.3, -0.25) is 9.36 Å². The third-order valence-corrected chi connectivity index (χ3v) is 3.93. The number of hydrogen-bond acceptors (Lipinski definition) is 3. The van der Waals surface area contributed by atoms with Crippen LogP contribution in [0.3, 0.4) is 0 Å². The highest BCUT2D eigenvalue weighted by Gasteiger charge is 2.22. The van der Waals surface area contributed by atoms with Gasteiger partial charge >= 0.3 is 5.69 Å². The molecule has 0 radical (unpaired) electrons. The van der Waals surface area contributed by atoms with Crippen molar-refractivity contribution in [2.75, 3.05) is 5.32 Å². The number of anilines is 1. The van der Waals surface area contributed by atoms with Crippen LogP contribution in [0.25, 0.3) is 0 Å². The van der Waals surface area contributed by atoms with E-state index in [9.17, 15) is 9.59 Å². The van der Waals surface area contributed by atoms with E-state index >= 15 is 0 Å². The minimum absolute atomic E-state index is 0.191. The SMILES string of the molecule is CCc1ccccc1NC(=O)[C@H](CC)n1c(C)cc(C)nc1=O. The van der Waals surface area contributed by atoms with Crippen LogP contribution in [0.4, 0.5) is 5.69 Å². The Bertz CT molecular complexity index is 765. The smallest absolute Gasteiger partial charge is 0.324 e. The summed E-state index contributed by atoms with van der Waals surface area (Å²) in [5.41, 5.74) is 2.89. The minimum Gasteiger partial charge on any atom is -0.324 e. The predicted molar refractivity (Wildman–Crippen MR) is 91.7 cm³/mol. The lowest BCUT2D eigenvalue weighted by Crippen LogP contribution is -2.36.